The van der Waals surface area contributed by atoms with Gasteiger partial charge in [-0.3, -0.25) is 4.79 Å². The highest BCUT2D eigenvalue weighted by atomic mass is 32.2. The van der Waals surface area contributed by atoms with Gasteiger partial charge in [-0.1, -0.05) is 12.8 Å². The molecule has 2 heterocycles. The Morgan fingerprint density at radius 1 is 1.12 bits per heavy atom. The summed E-state index contributed by atoms with van der Waals surface area (Å²) in [6.45, 7) is 4.95. The maximum absolute atomic E-state index is 12.9. The maximum atomic E-state index is 12.9. The van der Waals surface area contributed by atoms with E-state index in [-0.39, 0.29) is 17.9 Å². The van der Waals surface area contributed by atoms with E-state index in [4.69, 9.17) is 0 Å². The quantitative estimate of drug-likeness (QED) is 0.767. The number of amides is 1. The molecular weight excluding hydrogens is 338 g/mol. The van der Waals surface area contributed by atoms with Gasteiger partial charge in [0.1, 0.15) is 0 Å². The van der Waals surface area contributed by atoms with E-state index >= 15 is 0 Å². The standard InChI is InChI=1S/C18H33N3O3S/c1-14(16-8-4-10-19-12-16)20-25(23,24)17-9-5-11-21(13-17)18(22)15-6-2-3-7-15/h14-17,19-20H,2-13H2,1H3. The minimum atomic E-state index is -3.39. The second-order valence-corrected chi connectivity index (χ2v) is 10.1. The average molecular weight is 372 g/mol. The van der Waals surface area contributed by atoms with Crippen LogP contribution < -0.4 is 10.0 Å². The van der Waals surface area contributed by atoms with Crippen molar-refractivity contribution in [2.24, 2.45) is 11.8 Å². The van der Waals surface area contributed by atoms with Crippen LogP contribution in [0.1, 0.15) is 58.3 Å². The van der Waals surface area contributed by atoms with Crippen LogP contribution in [0.2, 0.25) is 0 Å². The van der Waals surface area contributed by atoms with Crippen molar-refractivity contribution in [3.8, 4) is 0 Å². The van der Waals surface area contributed by atoms with E-state index in [1.165, 1.54) is 0 Å². The zero-order valence-electron chi connectivity index (χ0n) is 15.4. The van der Waals surface area contributed by atoms with E-state index in [9.17, 15) is 13.2 Å². The Labute approximate surface area is 152 Å². The van der Waals surface area contributed by atoms with Crippen molar-refractivity contribution in [2.75, 3.05) is 26.2 Å². The molecule has 3 rings (SSSR count). The normalized spacial score (nSPS) is 30.4. The van der Waals surface area contributed by atoms with Gasteiger partial charge >= 0.3 is 0 Å². The zero-order chi connectivity index (χ0) is 17.9. The number of piperidine rings is 2. The molecule has 25 heavy (non-hydrogen) atoms. The zero-order valence-corrected chi connectivity index (χ0v) is 16.2. The van der Waals surface area contributed by atoms with Crippen molar-refractivity contribution in [1.82, 2.24) is 14.9 Å². The van der Waals surface area contributed by atoms with Crippen LogP contribution in [0.4, 0.5) is 0 Å². The van der Waals surface area contributed by atoms with Gasteiger partial charge in [-0.2, -0.15) is 0 Å². The number of sulfonamides is 1. The molecule has 7 heteroatoms. The maximum Gasteiger partial charge on any atom is 0.225 e. The van der Waals surface area contributed by atoms with Crippen LogP contribution in [0.5, 0.6) is 0 Å². The third kappa shape index (κ3) is 4.74. The predicted molar refractivity (Wildman–Crippen MR) is 98.7 cm³/mol. The SMILES string of the molecule is CC(NS(=O)(=O)C1CCCN(C(=O)C2CCCC2)C1)C1CCCNC1. The van der Waals surface area contributed by atoms with Gasteiger partial charge in [-0.15, -0.1) is 0 Å². The summed E-state index contributed by atoms with van der Waals surface area (Å²) >= 11 is 0. The first-order valence-corrected chi connectivity index (χ1v) is 11.5. The molecule has 0 aromatic carbocycles. The third-order valence-corrected chi connectivity index (χ3v) is 8.19. The molecule has 1 saturated carbocycles. The van der Waals surface area contributed by atoms with Crippen molar-refractivity contribution in [3.63, 3.8) is 0 Å². The molecule has 3 fully saturated rings. The molecule has 2 saturated heterocycles. The summed E-state index contributed by atoms with van der Waals surface area (Å²) in [5, 5.41) is 2.88. The average Bonchev–Trinajstić information content (AvgIpc) is 3.16. The topological polar surface area (TPSA) is 78.5 Å². The third-order valence-electron chi connectivity index (χ3n) is 6.23. The molecule has 3 unspecified atom stereocenters. The molecule has 2 aliphatic heterocycles. The molecule has 6 nitrogen and oxygen atoms in total. The van der Waals surface area contributed by atoms with Crippen molar-refractivity contribution >= 4 is 15.9 Å². The summed E-state index contributed by atoms with van der Waals surface area (Å²) in [7, 11) is -3.39. The Kier molecular flexibility index (Phi) is 6.39. The Bertz CT molecular complexity index is 554. The lowest BCUT2D eigenvalue weighted by Gasteiger charge is -2.35. The fourth-order valence-electron chi connectivity index (χ4n) is 4.58. The van der Waals surface area contributed by atoms with E-state index < -0.39 is 15.3 Å². The summed E-state index contributed by atoms with van der Waals surface area (Å²) in [6, 6.07) is -0.0567. The molecule has 0 bridgehead atoms. The predicted octanol–water partition coefficient (Wildman–Crippen LogP) is 1.48. The highest BCUT2D eigenvalue weighted by molar-refractivity contribution is 7.90. The summed E-state index contributed by atoms with van der Waals surface area (Å²) < 4.78 is 28.6. The van der Waals surface area contributed by atoms with Crippen molar-refractivity contribution in [2.45, 2.75) is 69.6 Å². The molecule has 3 aliphatic rings. The van der Waals surface area contributed by atoms with Crippen LogP contribution in [0, 0.1) is 11.8 Å². The van der Waals surface area contributed by atoms with Crippen LogP contribution in [0.25, 0.3) is 0 Å². The van der Waals surface area contributed by atoms with Gasteiger partial charge in [0.25, 0.3) is 0 Å². The first-order valence-electron chi connectivity index (χ1n) is 9.98. The van der Waals surface area contributed by atoms with Gasteiger partial charge in [0.15, 0.2) is 0 Å². The smallest absolute Gasteiger partial charge is 0.225 e. The first kappa shape index (κ1) is 19.1. The molecule has 2 N–H and O–H groups in total. The number of rotatable bonds is 5. The summed E-state index contributed by atoms with van der Waals surface area (Å²) in [5.74, 6) is 0.659. The van der Waals surface area contributed by atoms with E-state index in [0.29, 0.717) is 25.4 Å². The monoisotopic (exact) mass is 371 g/mol. The van der Waals surface area contributed by atoms with E-state index in [1.54, 1.807) is 0 Å². The summed E-state index contributed by atoms with van der Waals surface area (Å²) in [5.41, 5.74) is 0. The minimum absolute atomic E-state index is 0.0567. The molecule has 1 aliphatic carbocycles. The first-order chi connectivity index (χ1) is 12.0. The van der Waals surface area contributed by atoms with Gasteiger partial charge in [0, 0.05) is 25.0 Å². The van der Waals surface area contributed by atoms with Gasteiger partial charge in [-0.25, -0.2) is 13.1 Å². The Morgan fingerprint density at radius 3 is 2.56 bits per heavy atom. The van der Waals surface area contributed by atoms with Crippen LogP contribution in [-0.2, 0) is 14.8 Å². The number of likely N-dealkylation sites (tertiary alicyclic amines) is 1. The van der Waals surface area contributed by atoms with Crippen LogP contribution >= 0.6 is 0 Å². The summed E-state index contributed by atoms with van der Waals surface area (Å²) in [6.07, 6.45) is 7.79. The fourth-order valence-corrected chi connectivity index (χ4v) is 6.34. The molecule has 3 atom stereocenters. The lowest BCUT2D eigenvalue weighted by molar-refractivity contribution is -0.136. The number of carbonyl (C=O) groups excluding carboxylic acids is 1. The Balaban J connectivity index is 1.58. The van der Waals surface area contributed by atoms with Gasteiger partial charge in [0.05, 0.1) is 5.25 Å². The van der Waals surface area contributed by atoms with E-state index in [2.05, 4.69) is 10.0 Å². The molecule has 0 aromatic heterocycles. The molecule has 0 radical (unpaired) electrons. The van der Waals surface area contributed by atoms with Crippen LogP contribution in [0.15, 0.2) is 0 Å². The van der Waals surface area contributed by atoms with Gasteiger partial charge < -0.3 is 10.2 Å². The van der Waals surface area contributed by atoms with Crippen molar-refractivity contribution in [1.29, 1.82) is 0 Å². The molecular formula is C18H33N3O3S. The van der Waals surface area contributed by atoms with E-state index in [1.807, 2.05) is 11.8 Å². The Hall–Kier alpha value is -0.660. The van der Waals surface area contributed by atoms with Crippen LogP contribution in [-0.4, -0.2) is 56.7 Å². The summed E-state index contributed by atoms with van der Waals surface area (Å²) in [4.78, 5) is 14.5. The van der Waals surface area contributed by atoms with Crippen molar-refractivity contribution < 1.29 is 13.2 Å². The fraction of sp³-hybridized carbons (Fsp3) is 0.944. The highest BCUT2D eigenvalue weighted by Gasteiger charge is 2.36. The lowest BCUT2D eigenvalue weighted by Crippen LogP contribution is -2.52. The second-order valence-electron chi connectivity index (χ2n) is 8.09. The largest absolute Gasteiger partial charge is 0.341 e. The second kappa shape index (κ2) is 8.35. The highest BCUT2D eigenvalue weighted by Crippen LogP contribution is 2.28. The van der Waals surface area contributed by atoms with E-state index in [0.717, 1.165) is 58.0 Å². The minimum Gasteiger partial charge on any atom is -0.341 e. The molecule has 1 amide bonds. The molecule has 0 aromatic rings. The number of hydrogen-bond donors (Lipinski definition) is 2. The Morgan fingerprint density at radius 2 is 1.88 bits per heavy atom. The number of carbonyl (C=O) groups is 1. The number of nitrogens with zero attached hydrogens (tertiary/aromatic N) is 1. The van der Waals surface area contributed by atoms with Crippen molar-refractivity contribution in [3.05, 3.63) is 0 Å². The van der Waals surface area contributed by atoms with Gasteiger partial charge in [-0.05, 0) is 64.5 Å². The number of nitrogens with one attached hydrogen (secondary N) is 2. The number of hydrogen-bond acceptors (Lipinski definition) is 4. The lowest BCUT2D eigenvalue weighted by atomic mass is 9.94. The van der Waals surface area contributed by atoms with Crippen LogP contribution in [0.3, 0.4) is 0 Å². The van der Waals surface area contributed by atoms with Gasteiger partial charge in [0.2, 0.25) is 15.9 Å². The molecule has 144 valence electrons. The molecule has 0 spiro atoms.